The molecule has 17 heavy (non-hydrogen) atoms. The summed E-state index contributed by atoms with van der Waals surface area (Å²) >= 11 is 5.94. The van der Waals surface area contributed by atoms with Gasteiger partial charge in [0.05, 0.1) is 0 Å². The molecule has 1 rings (SSSR count). The summed E-state index contributed by atoms with van der Waals surface area (Å²) in [4.78, 5) is 2.32. The minimum atomic E-state index is 0.504. The standard InChI is InChI=1S/C13H20BrIN2/c1-4-17(3)9-10(2)16-8-11-7-12(15)5-6-13(11)14/h5-7,10,16H,4,8-9H2,1-3H3. The van der Waals surface area contributed by atoms with E-state index in [4.69, 9.17) is 0 Å². The number of nitrogens with zero attached hydrogens (tertiary/aromatic N) is 1. The van der Waals surface area contributed by atoms with E-state index in [9.17, 15) is 0 Å². The molecule has 0 saturated carbocycles. The average Bonchev–Trinajstić information content (AvgIpc) is 2.30. The molecule has 0 amide bonds. The molecule has 1 aromatic carbocycles. The van der Waals surface area contributed by atoms with Crippen molar-refractivity contribution in [3.8, 4) is 0 Å². The molecule has 0 bridgehead atoms. The van der Waals surface area contributed by atoms with Gasteiger partial charge in [0.15, 0.2) is 0 Å². The van der Waals surface area contributed by atoms with Gasteiger partial charge < -0.3 is 10.2 Å². The first-order valence-corrected chi connectivity index (χ1v) is 7.76. The SMILES string of the molecule is CCN(C)CC(C)NCc1cc(I)ccc1Br. The normalized spacial score (nSPS) is 13.1. The van der Waals surface area contributed by atoms with E-state index in [-0.39, 0.29) is 0 Å². The summed E-state index contributed by atoms with van der Waals surface area (Å²) in [7, 11) is 2.15. The van der Waals surface area contributed by atoms with Crippen LogP contribution >= 0.6 is 38.5 Å². The summed E-state index contributed by atoms with van der Waals surface area (Å²) in [6, 6.07) is 6.95. The Balaban J connectivity index is 2.47. The molecule has 96 valence electrons. The quantitative estimate of drug-likeness (QED) is 0.722. The van der Waals surface area contributed by atoms with E-state index in [2.05, 4.69) is 87.8 Å². The summed E-state index contributed by atoms with van der Waals surface area (Å²) in [5.74, 6) is 0. The second-order valence-electron chi connectivity index (χ2n) is 4.37. The maximum absolute atomic E-state index is 3.59. The van der Waals surface area contributed by atoms with E-state index in [1.807, 2.05) is 0 Å². The molecule has 2 nitrogen and oxygen atoms in total. The van der Waals surface area contributed by atoms with Crippen molar-refractivity contribution in [1.29, 1.82) is 0 Å². The molecule has 0 radical (unpaired) electrons. The fourth-order valence-corrected chi connectivity index (χ4v) is 2.57. The lowest BCUT2D eigenvalue weighted by Crippen LogP contribution is -2.37. The van der Waals surface area contributed by atoms with Crippen LogP contribution in [0.2, 0.25) is 0 Å². The van der Waals surface area contributed by atoms with Gasteiger partial charge in [-0.25, -0.2) is 0 Å². The molecule has 1 atom stereocenters. The first kappa shape index (κ1) is 15.4. The van der Waals surface area contributed by atoms with Gasteiger partial charge in [-0.3, -0.25) is 0 Å². The summed E-state index contributed by atoms with van der Waals surface area (Å²) in [6.45, 7) is 7.50. The topological polar surface area (TPSA) is 15.3 Å². The highest BCUT2D eigenvalue weighted by Crippen LogP contribution is 2.19. The van der Waals surface area contributed by atoms with Gasteiger partial charge in [0.1, 0.15) is 0 Å². The molecule has 0 aromatic heterocycles. The van der Waals surface area contributed by atoms with E-state index < -0.39 is 0 Å². The van der Waals surface area contributed by atoms with Gasteiger partial charge >= 0.3 is 0 Å². The fourth-order valence-electron chi connectivity index (χ4n) is 1.62. The Labute approximate surface area is 126 Å². The first-order chi connectivity index (χ1) is 8.02. The Bertz CT molecular complexity index is 357. The fraction of sp³-hybridized carbons (Fsp3) is 0.538. The van der Waals surface area contributed by atoms with E-state index >= 15 is 0 Å². The van der Waals surface area contributed by atoms with Crippen LogP contribution in [0.25, 0.3) is 0 Å². The predicted molar refractivity (Wildman–Crippen MR) is 86.3 cm³/mol. The molecular weight excluding hydrogens is 391 g/mol. The Morgan fingerprint density at radius 2 is 2.18 bits per heavy atom. The molecule has 0 heterocycles. The highest BCUT2D eigenvalue weighted by Gasteiger charge is 2.06. The summed E-state index contributed by atoms with van der Waals surface area (Å²) in [6.07, 6.45) is 0. The van der Waals surface area contributed by atoms with Crippen LogP contribution in [-0.4, -0.2) is 31.1 Å². The summed E-state index contributed by atoms with van der Waals surface area (Å²) in [5.41, 5.74) is 1.32. The van der Waals surface area contributed by atoms with Crippen molar-refractivity contribution in [2.45, 2.75) is 26.4 Å². The van der Waals surface area contributed by atoms with Crippen molar-refractivity contribution in [2.24, 2.45) is 0 Å². The number of halogens is 2. The van der Waals surface area contributed by atoms with Gasteiger partial charge in [-0.2, -0.15) is 0 Å². The summed E-state index contributed by atoms with van der Waals surface area (Å²) < 4.78 is 2.46. The number of hydrogen-bond donors (Lipinski definition) is 1. The Kier molecular flexibility index (Phi) is 6.99. The molecule has 1 aromatic rings. The molecule has 0 aliphatic carbocycles. The van der Waals surface area contributed by atoms with Crippen LogP contribution in [0.3, 0.4) is 0 Å². The van der Waals surface area contributed by atoms with Crippen LogP contribution in [-0.2, 0) is 6.54 Å². The second kappa shape index (κ2) is 7.71. The highest BCUT2D eigenvalue weighted by atomic mass is 127. The highest BCUT2D eigenvalue weighted by molar-refractivity contribution is 14.1. The van der Waals surface area contributed by atoms with Crippen molar-refractivity contribution >= 4 is 38.5 Å². The minimum absolute atomic E-state index is 0.504. The molecule has 0 spiro atoms. The molecule has 1 unspecified atom stereocenters. The molecule has 4 heteroatoms. The van der Waals surface area contributed by atoms with Crippen molar-refractivity contribution in [1.82, 2.24) is 10.2 Å². The smallest absolute Gasteiger partial charge is 0.0220 e. The van der Waals surface area contributed by atoms with Crippen molar-refractivity contribution < 1.29 is 0 Å². The van der Waals surface area contributed by atoms with Gasteiger partial charge in [0, 0.05) is 27.2 Å². The molecule has 0 aliphatic heterocycles. The maximum Gasteiger partial charge on any atom is 0.0220 e. The van der Waals surface area contributed by atoms with Gasteiger partial charge in [0.2, 0.25) is 0 Å². The third kappa shape index (κ3) is 5.68. The van der Waals surface area contributed by atoms with Crippen LogP contribution in [0, 0.1) is 3.57 Å². The van der Waals surface area contributed by atoms with E-state index in [1.54, 1.807) is 0 Å². The number of likely N-dealkylation sites (N-methyl/N-ethyl adjacent to an activating group) is 1. The molecule has 0 aliphatic rings. The number of rotatable bonds is 6. The largest absolute Gasteiger partial charge is 0.309 e. The van der Waals surface area contributed by atoms with Crippen molar-refractivity contribution in [2.75, 3.05) is 20.1 Å². The zero-order valence-electron chi connectivity index (χ0n) is 10.6. The average molecular weight is 411 g/mol. The van der Waals surface area contributed by atoms with E-state index in [0.29, 0.717) is 6.04 Å². The van der Waals surface area contributed by atoms with Crippen LogP contribution in [0.5, 0.6) is 0 Å². The zero-order chi connectivity index (χ0) is 12.8. The number of benzene rings is 1. The Morgan fingerprint density at radius 3 is 2.82 bits per heavy atom. The third-order valence-electron chi connectivity index (χ3n) is 2.77. The van der Waals surface area contributed by atoms with Gasteiger partial charge in [-0.1, -0.05) is 22.9 Å². The zero-order valence-corrected chi connectivity index (χ0v) is 14.4. The van der Waals surface area contributed by atoms with E-state index in [0.717, 1.165) is 19.6 Å². The number of hydrogen-bond acceptors (Lipinski definition) is 2. The van der Waals surface area contributed by atoms with Crippen LogP contribution in [0.1, 0.15) is 19.4 Å². The van der Waals surface area contributed by atoms with Crippen molar-refractivity contribution in [3.05, 3.63) is 31.8 Å². The second-order valence-corrected chi connectivity index (χ2v) is 6.47. The maximum atomic E-state index is 3.59. The monoisotopic (exact) mass is 410 g/mol. The minimum Gasteiger partial charge on any atom is -0.309 e. The van der Waals surface area contributed by atoms with Crippen molar-refractivity contribution in [3.63, 3.8) is 0 Å². The number of nitrogens with one attached hydrogen (secondary N) is 1. The van der Waals surface area contributed by atoms with Crippen LogP contribution < -0.4 is 5.32 Å². The Hall–Kier alpha value is 0.350. The lowest BCUT2D eigenvalue weighted by Gasteiger charge is -2.21. The first-order valence-electron chi connectivity index (χ1n) is 5.88. The summed E-state index contributed by atoms with van der Waals surface area (Å²) in [5, 5.41) is 3.56. The van der Waals surface area contributed by atoms with Crippen LogP contribution in [0.15, 0.2) is 22.7 Å². The predicted octanol–water partition coefficient (Wildman–Crippen LogP) is 3.48. The van der Waals surface area contributed by atoms with Gasteiger partial charge in [-0.15, -0.1) is 0 Å². The van der Waals surface area contributed by atoms with Crippen LogP contribution in [0.4, 0.5) is 0 Å². The Morgan fingerprint density at radius 1 is 1.47 bits per heavy atom. The van der Waals surface area contributed by atoms with E-state index in [1.165, 1.54) is 13.6 Å². The molecule has 0 fully saturated rings. The lowest BCUT2D eigenvalue weighted by molar-refractivity contribution is 0.309. The van der Waals surface area contributed by atoms with Gasteiger partial charge in [0.25, 0.3) is 0 Å². The van der Waals surface area contributed by atoms with Gasteiger partial charge in [-0.05, 0) is 66.9 Å². The molecule has 0 saturated heterocycles. The third-order valence-corrected chi connectivity index (χ3v) is 4.22. The molecule has 1 N–H and O–H groups in total. The lowest BCUT2D eigenvalue weighted by atomic mass is 10.2. The molecular formula is C13H20BrIN2.